The van der Waals surface area contributed by atoms with Crippen molar-refractivity contribution in [1.82, 2.24) is 10.2 Å². The first-order valence-corrected chi connectivity index (χ1v) is 9.40. The van der Waals surface area contributed by atoms with Gasteiger partial charge in [0, 0.05) is 29.2 Å². The van der Waals surface area contributed by atoms with Gasteiger partial charge in [0.2, 0.25) is 5.91 Å². The Labute approximate surface area is 154 Å². The lowest BCUT2D eigenvalue weighted by Gasteiger charge is -2.49. The van der Waals surface area contributed by atoms with Crippen LogP contribution in [0.25, 0.3) is 0 Å². The molecule has 1 aromatic rings. The summed E-state index contributed by atoms with van der Waals surface area (Å²) in [5.41, 5.74) is 0.0531. The maximum atomic E-state index is 13.4. The zero-order chi connectivity index (χ0) is 18.9. The minimum absolute atomic E-state index is 0.0539. The molecule has 3 rings (SSSR count). The van der Waals surface area contributed by atoms with Gasteiger partial charge in [0.25, 0.3) is 0 Å². The van der Waals surface area contributed by atoms with E-state index < -0.39 is 5.41 Å². The van der Waals surface area contributed by atoms with Crippen molar-refractivity contribution < 1.29 is 14.0 Å². The Morgan fingerprint density at radius 1 is 1.15 bits per heavy atom. The summed E-state index contributed by atoms with van der Waals surface area (Å²) in [5, 5.41) is 5.98. The molecule has 1 aromatic carbocycles. The first kappa shape index (κ1) is 18.7. The molecule has 2 aliphatic rings. The SMILES string of the molecule is CC(C)(C)C(=O)NC1CC2CCCC(C1)N2C(=O)Nc1cccc(F)c1. The summed E-state index contributed by atoms with van der Waals surface area (Å²) >= 11 is 0. The Hall–Kier alpha value is -2.11. The van der Waals surface area contributed by atoms with Crippen molar-refractivity contribution in [3.05, 3.63) is 30.1 Å². The average molecular weight is 361 g/mol. The summed E-state index contributed by atoms with van der Waals surface area (Å²) in [6.07, 6.45) is 4.52. The zero-order valence-corrected chi connectivity index (χ0v) is 15.7. The van der Waals surface area contributed by atoms with E-state index >= 15 is 0 Å². The number of benzene rings is 1. The number of nitrogens with zero attached hydrogens (tertiary/aromatic N) is 1. The van der Waals surface area contributed by atoms with Crippen molar-refractivity contribution in [3.8, 4) is 0 Å². The Balaban J connectivity index is 1.67. The number of hydrogen-bond donors (Lipinski definition) is 2. The molecule has 2 heterocycles. The highest BCUT2D eigenvalue weighted by Gasteiger charge is 2.41. The molecule has 26 heavy (non-hydrogen) atoms. The molecule has 0 radical (unpaired) electrons. The molecule has 2 atom stereocenters. The predicted molar refractivity (Wildman–Crippen MR) is 99.3 cm³/mol. The largest absolute Gasteiger partial charge is 0.353 e. The van der Waals surface area contributed by atoms with Gasteiger partial charge in [-0.05, 0) is 50.3 Å². The van der Waals surface area contributed by atoms with Crippen LogP contribution >= 0.6 is 0 Å². The molecule has 2 aliphatic heterocycles. The third kappa shape index (κ3) is 4.17. The van der Waals surface area contributed by atoms with Gasteiger partial charge in [-0.3, -0.25) is 4.79 Å². The highest BCUT2D eigenvalue weighted by atomic mass is 19.1. The third-order valence-electron chi connectivity index (χ3n) is 5.30. The maximum Gasteiger partial charge on any atom is 0.322 e. The van der Waals surface area contributed by atoms with Crippen LogP contribution in [0.2, 0.25) is 0 Å². The molecule has 5 nitrogen and oxygen atoms in total. The van der Waals surface area contributed by atoms with Crippen molar-refractivity contribution >= 4 is 17.6 Å². The molecule has 0 aliphatic carbocycles. The van der Waals surface area contributed by atoms with E-state index in [1.807, 2.05) is 25.7 Å². The lowest BCUT2D eigenvalue weighted by molar-refractivity contribution is -0.129. The maximum absolute atomic E-state index is 13.4. The van der Waals surface area contributed by atoms with Gasteiger partial charge in [-0.15, -0.1) is 0 Å². The van der Waals surface area contributed by atoms with Crippen LogP contribution in [0.5, 0.6) is 0 Å². The molecule has 0 aromatic heterocycles. The molecule has 6 heteroatoms. The monoisotopic (exact) mass is 361 g/mol. The van der Waals surface area contributed by atoms with Gasteiger partial charge in [0.05, 0.1) is 0 Å². The van der Waals surface area contributed by atoms with Crippen LogP contribution in [0.3, 0.4) is 0 Å². The van der Waals surface area contributed by atoms with Gasteiger partial charge < -0.3 is 15.5 Å². The molecule has 2 bridgehead atoms. The van der Waals surface area contributed by atoms with E-state index in [0.717, 1.165) is 32.1 Å². The minimum Gasteiger partial charge on any atom is -0.353 e. The third-order valence-corrected chi connectivity index (χ3v) is 5.30. The first-order valence-electron chi connectivity index (χ1n) is 9.40. The second-order valence-corrected chi connectivity index (χ2v) is 8.48. The Morgan fingerprint density at radius 3 is 2.38 bits per heavy atom. The highest BCUT2D eigenvalue weighted by molar-refractivity contribution is 5.90. The zero-order valence-electron chi connectivity index (χ0n) is 15.7. The lowest BCUT2D eigenvalue weighted by Crippen LogP contribution is -2.60. The molecule has 0 saturated carbocycles. The number of carbonyl (C=O) groups is 2. The summed E-state index contributed by atoms with van der Waals surface area (Å²) < 4.78 is 13.4. The molecule has 2 N–H and O–H groups in total. The van der Waals surface area contributed by atoms with Crippen LogP contribution < -0.4 is 10.6 Å². The summed E-state index contributed by atoms with van der Waals surface area (Å²) in [6, 6.07) is 6.11. The smallest absolute Gasteiger partial charge is 0.322 e. The fourth-order valence-corrected chi connectivity index (χ4v) is 3.99. The van der Waals surface area contributed by atoms with Gasteiger partial charge in [-0.2, -0.15) is 0 Å². The molecule has 142 valence electrons. The number of fused-ring (bicyclic) bond motifs is 2. The Kier molecular flexibility index (Phi) is 5.21. The highest BCUT2D eigenvalue weighted by Crippen LogP contribution is 2.35. The molecule has 0 spiro atoms. The van der Waals surface area contributed by atoms with E-state index in [2.05, 4.69) is 10.6 Å². The standard InChI is InChI=1S/C20H28FN3O2/c1-20(2,3)18(25)22-15-11-16-8-5-9-17(12-15)24(16)19(26)23-14-7-4-6-13(21)10-14/h4,6-7,10,15-17H,5,8-9,11-12H2,1-3H3,(H,22,25)(H,23,26). The molecule has 2 saturated heterocycles. The van der Waals surface area contributed by atoms with Gasteiger partial charge in [0.1, 0.15) is 5.82 Å². The molecule has 3 amide bonds. The van der Waals surface area contributed by atoms with Crippen molar-refractivity contribution in [2.75, 3.05) is 5.32 Å². The number of urea groups is 1. The van der Waals surface area contributed by atoms with Crippen molar-refractivity contribution in [1.29, 1.82) is 0 Å². The number of rotatable bonds is 2. The predicted octanol–water partition coefficient (Wildman–Crippen LogP) is 3.91. The van der Waals surface area contributed by atoms with Crippen molar-refractivity contribution in [2.24, 2.45) is 5.41 Å². The molecular weight excluding hydrogens is 333 g/mol. The molecule has 2 fully saturated rings. The number of carbonyl (C=O) groups excluding carboxylic acids is 2. The summed E-state index contributed by atoms with van der Waals surface area (Å²) in [5.74, 6) is -0.315. The summed E-state index contributed by atoms with van der Waals surface area (Å²) in [4.78, 5) is 27.0. The second kappa shape index (κ2) is 7.25. The fraction of sp³-hybridized carbons (Fsp3) is 0.600. The minimum atomic E-state index is -0.416. The number of nitrogens with one attached hydrogen (secondary N) is 2. The van der Waals surface area contributed by atoms with Crippen LogP contribution in [0, 0.1) is 11.2 Å². The van der Waals surface area contributed by atoms with Crippen LogP contribution in [0.4, 0.5) is 14.9 Å². The average Bonchev–Trinajstić information content (AvgIpc) is 2.53. The van der Waals surface area contributed by atoms with E-state index in [1.54, 1.807) is 12.1 Å². The number of anilines is 1. The quantitative estimate of drug-likeness (QED) is 0.839. The van der Waals surface area contributed by atoms with Gasteiger partial charge in [0.15, 0.2) is 0 Å². The van der Waals surface area contributed by atoms with Crippen LogP contribution in [0.1, 0.15) is 52.9 Å². The van der Waals surface area contributed by atoms with E-state index in [-0.39, 0.29) is 35.9 Å². The van der Waals surface area contributed by atoms with Crippen LogP contribution in [-0.2, 0) is 4.79 Å². The second-order valence-electron chi connectivity index (χ2n) is 8.48. The summed E-state index contributed by atoms with van der Waals surface area (Å²) in [7, 11) is 0. The van der Waals surface area contributed by atoms with Crippen LogP contribution in [0.15, 0.2) is 24.3 Å². The van der Waals surface area contributed by atoms with Crippen molar-refractivity contribution in [3.63, 3.8) is 0 Å². The van der Waals surface area contributed by atoms with Gasteiger partial charge in [-0.1, -0.05) is 26.8 Å². The molecular formula is C20H28FN3O2. The van der Waals surface area contributed by atoms with Crippen LogP contribution in [-0.4, -0.2) is 35.0 Å². The Morgan fingerprint density at radius 2 is 1.81 bits per heavy atom. The first-order chi connectivity index (χ1) is 12.2. The number of hydrogen-bond acceptors (Lipinski definition) is 2. The lowest BCUT2D eigenvalue weighted by atomic mass is 9.81. The number of halogens is 1. The number of piperidine rings is 2. The Bertz CT molecular complexity index is 672. The number of amides is 3. The fourth-order valence-electron chi connectivity index (χ4n) is 3.99. The molecule has 2 unspecified atom stereocenters. The van der Waals surface area contributed by atoms with E-state index in [4.69, 9.17) is 0 Å². The topological polar surface area (TPSA) is 61.4 Å². The van der Waals surface area contributed by atoms with E-state index in [0.29, 0.717) is 5.69 Å². The summed E-state index contributed by atoms with van der Waals surface area (Å²) in [6.45, 7) is 5.72. The van der Waals surface area contributed by atoms with Gasteiger partial charge >= 0.3 is 6.03 Å². The van der Waals surface area contributed by atoms with E-state index in [9.17, 15) is 14.0 Å². The van der Waals surface area contributed by atoms with E-state index in [1.165, 1.54) is 12.1 Å². The normalized spacial score (nSPS) is 25.5. The van der Waals surface area contributed by atoms with Gasteiger partial charge in [-0.25, -0.2) is 9.18 Å². The van der Waals surface area contributed by atoms with Crippen molar-refractivity contribution in [2.45, 2.75) is 71.0 Å².